The van der Waals surface area contributed by atoms with Gasteiger partial charge in [0.25, 0.3) is 0 Å². The van der Waals surface area contributed by atoms with E-state index in [1.165, 1.54) is 0 Å². The van der Waals surface area contributed by atoms with Crippen LogP contribution in [-0.2, 0) is 9.53 Å². The van der Waals surface area contributed by atoms with Gasteiger partial charge in [-0.15, -0.1) is 0 Å². The minimum atomic E-state index is -0.0401. The highest BCUT2D eigenvalue weighted by Gasteiger charge is 2.10. The smallest absolute Gasteiger partial charge is 0.238 e. The van der Waals surface area contributed by atoms with Crippen LogP contribution in [0.5, 0.6) is 0 Å². The summed E-state index contributed by atoms with van der Waals surface area (Å²) < 4.78 is 5.29. The van der Waals surface area contributed by atoms with Crippen molar-refractivity contribution in [2.75, 3.05) is 44.8 Å². The highest BCUT2D eigenvalue weighted by Crippen LogP contribution is 2.17. The molecule has 1 amide bonds. The number of nitrogens with zero attached hydrogens (tertiary/aromatic N) is 2. The number of amides is 1. The van der Waals surface area contributed by atoms with E-state index in [0.717, 1.165) is 42.8 Å². The molecular weight excluding hydrogens is 280 g/mol. The Bertz CT molecular complexity index is 641. The van der Waals surface area contributed by atoms with Crippen LogP contribution in [0.4, 0.5) is 5.69 Å². The number of fused-ring (bicyclic) bond motifs is 1. The van der Waals surface area contributed by atoms with Gasteiger partial charge < -0.3 is 10.1 Å². The van der Waals surface area contributed by atoms with Gasteiger partial charge in [0.05, 0.1) is 19.8 Å². The second kappa shape index (κ2) is 7.31. The zero-order valence-corrected chi connectivity index (χ0v) is 12.4. The molecule has 116 valence electrons. The van der Waals surface area contributed by atoms with Crippen molar-refractivity contribution in [2.24, 2.45) is 0 Å². The Morgan fingerprint density at radius 1 is 1.23 bits per heavy atom. The molecule has 6 heteroatoms. The van der Waals surface area contributed by atoms with E-state index in [2.05, 4.69) is 20.5 Å². The molecule has 1 saturated heterocycles. The van der Waals surface area contributed by atoms with Gasteiger partial charge in [-0.3, -0.25) is 20.0 Å². The standard InChI is InChI=1S/C16H20N4O2/c21-16(11-18-12-20-5-7-22-8-6-20)19-15-2-1-14-10-17-4-3-13(14)9-15/h1-4,9-10,18H,5-8,11-12H2,(H,19,21). The first-order valence-corrected chi connectivity index (χ1v) is 7.46. The van der Waals surface area contributed by atoms with Crippen LogP contribution in [0.1, 0.15) is 0 Å². The van der Waals surface area contributed by atoms with Crippen LogP contribution in [0.3, 0.4) is 0 Å². The van der Waals surface area contributed by atoms with Crippen molar-refractivity contribution in [3.63, 3.8) is 0 Å². The van der Waals surface area contributed by atoms with Gasteiger partial charge in [0.1, 0.15) is 0 Å². The molecular formula is C16H20N4O2. The second-order valence-electron chi connectivity index (χ2n) is 5.30. The SMILES string of the molecule is O=C(CNCN1CCOCC1)Nc1ccc2cnccc2c1. The van der Waals surface area contributed by atoms with Gasteiger partial charge in [-0.2, -0.15) is 0 Å². The number of carbonyl (C=O) groups excluding carboxylic acids is 1. The minimum absolute atomic E-state index is 0.0401. The fraction of sp³-hybridized carbons (Fsp3) is 0.375. The molecule has 1 aromatic heterocycles. The number of nitrogens with one attached hydrogen (secondary N) is 2. The van der Waals surface area contributed by atoms with Crippen LogP contribution in [-0.4, -0.2) is 55.3 Å². The quantitative estimate of drug-likeness (QED) is 0.864. The summed E-state index contributed by atoms with van der Waals surface area (Å²) in [5.41, 5.74) is 0.803. The Morgan fingerprint density at radius 3 is 2.95 bits per heavy atom. The maximum Gasteiger partial charge on any atom is 0.238 e. The van der Waals surface area contributed by atoms with Crippen molar-refractivity contribution in [1.29, 1.82) is 0 Å². The summed E-state index contributed by atoms with van der Waals surface area (Å²) in [5, 5.41) is 8.19. The predicted molar refractivity (Wildman–Crippen MR) is 85.6 cm³/mol. The third kappa shape index (κ3) is 4.00. The first-order chi connectivity index (χ1) is 10.8. The maximum absolute atomic E-state index is 12.0. The molecule has 22 heavy (non-hydrogen) atoms. The summed E-state index contributed by atoms with van der Waals surface area (Å²) in [6.45, 7) is 4.35. The van der Waals surface area contributed by atoms with E-state index in [-0.39, 0.29) is 5.91 Å². The number of aromatic nitrogens is 1. The summed E-state index contributed by atoms with van der Waals surface area (Å²) in [4.78, 5) is 18.3. The third-order valence-electron chi connectivity index (χ3n) is 3.65. The summed E-state index contributed by atoms with van der Waals surface area (Å²) >= 11 is 0. The van der Waals surface area contributed by atoms with E-state index < -0.39 is 0 Å². The molecule has 3 rings (SSSR count). The number of benzene rings is 1. The summed E-state index contributed by atoms with van der Waals surface area (Å²) in [6.07, 6.45) is 3.56. The zero-order valence-electron chi connectivity index (χ0n) is 12.4. The highest BCUT2D eigenvalue weighted by molar-refractivity contribution is 5.95. The van der Waals surface area contributed by atoms with Gasteiger partial charge in [-0.05, 0) is 23.6 Å². The summed E-state index contributed by atoms with van der Waals surface area (Å²) in [5.74, 6) is -0.0401. The van der Waals surface area contributed by atoms with Crippen LogP contribution in [0, 0.1) is 0 Å². The number of hydrogen-bond acceptors (Lipinski definition) is 5. The van der Waals surface area contributed by atoms with Crippen molar-refractivity contribution >= 4 is 22.4 Å². The average molecular weight is 300 g/mol. The molecule has 0 spiro atoms. The number of ether oxygens (including phenoxy) is 1. The fourth-order valence-electron chi connectivity index (χ4n) is 2.45. The molecule has 0 unspecified atom stereocenters. The van der Waals surface area contributed by atoms with Crippen LogP contribution in [0.2, 0.25) is 0 Å². The van der Waals surface area contributed by atoms with Crippen LogP contribution < -0.4 is 10.6 Å². The molecule has 1 aliphatic heterocycles. The Kier molecular flexibility index (Phi) is 4.95. The molecule has 1 aliphatic rings. The number of hydrogen-bond donors (Lipinski definition) is 2. The van der Waals surface area contributed by atoms with Gasteiger partial charge in [-0.25, -0.2) is 0 Å². The van der Waals surface area contributed by atoms with Gasteiger partial charge in [0.2, 0.25) is 5.91 Å². The maximum atomic E-state index is 12.0. The molecule has 2 aromatic rings. The molecule has 0 aliphatic carbocycles. The van der Waals surface area contributed by atoms with E-state index in [4.69, 9.17) is 4.74 Å². The molecule has 2 N–H and O–H groups in total. The summed E-state index contributed by atoms with van der Waals surface area (Å²) in [7, 11) is 0. The summed E-state index contributed by atoms with van der Waals surface area (Å²) in [6, 6.07) is 7.74. The molecule has 0 saturated carbocycles. The van der Waals surface area contributed by atoms with E-state index in [1.54, 1.807) is 6.20 Å². The Morgan fingerprint density at radius 2 is 2.09 bits per heavy atom. The molecule has 0 bridgehead atoms. The number of rotatable bonds is 5. The number of carbonyl (C=O) groups is 1. The highest BCUT2D eigenvalue weighted by atomic mass is 16.5. The monoisotopic (exact) mass is 300 g/mol. The van der Waals surface area contributed by atoms with Crippen LogP contribution in [0.15, 0.2) is 36.7 Å². The van der Waals surface area contributed by atoms with Crippen molar-refractivity contribution in [2.45, 2.75) is 0 Å². The molecule has 0 radical (unpaired) electrons. The van der Waals surface area contributed by atoms with E-state index >= 15 is 0 Å². The first-order valence-electron chi connectivity index (χ1n) is 7.46. The second-order valence-corrected chi connectivity index (χ2v) is 5.30. The van der Waals surface area contributed by atoms with Crippen molar-refractivity contribution in [3.05, 3.63) is 36.7 Å². The average Bonchev–Trinajstić information content (AvgIpc) is 2.56. The lowest BCUT2D eigenvalue weighted by Gasteiger charge is -2.26. The molecule has 6 nitrogen and oxygen atoms in total. The van der Waals surface area contributed by atoms with Crippen LogP contribution in [0.25, 0.3) is 10.8 Å². The topological polar surface area (TPSA) is 66.5 Å². The van der Waals surface area contributed by atoms with Gasteiger partial charge >= 0.3 is 0 Å². The number of pyridine rings is 1. The van der Waals surface area contributed by atoms with Crippen LogP contribution >= 0.6 is 0 Å². The van der Waals surface area contributed by atoms with Crippen molar-refractivity contribution in [3.8, 4) is 0 Å². The Balaban J connectivity index is 1.47. The van der Waals surface area contributed by atoms with E-state index in [9.17, 15) is 4.79 Å². The Hall–Kier alpha value is -2.02. The number of anilines is 1. The normalized spacial score (nSPS) is 15.8. The predicted octanol–water partition coefficient (Wildman–Crippen LogP) is 1.05. The van der Waals surface area contributed by atoms with Crippen molar-refractivity contribution < 1.29 is 9.53 Å². The molecule has 0 atom stereocenters. The lowest BCUT2D eigenvalue weighted by Crippen LogP contribution is -2.43. The van der Waals surface area contributed by atoms with Crippen molar-refractivity contribution in [1.82, 2.24) is 15.2 Å². The zero-order chi connectivity index (χ0) is 15.2. The van der Waals surface area contributed by atoms with Gasteiger partial charge in [-0.1, -0.05) is 6.07 Å². The number of morpholine rings is 1. The molecule has 1 fully saturated rings. The molecule has 1 aromatic carbocycles. The minimum Gasteiger partial charge on any atom is -0.379 e. The van der Waals surface area contributed by atoms with Gasteiger partial charge in [0, 0.05) is 43.2 Å². The molecule has 2 heterocycles. The largest absolute Gasteiger partial charge is 0.379 e. The first kappa shape index (κ1) is 14.9. The lowest BCUT2D eigenvalue weighted by molar-refractivity contribution is -0.115. The fourth-order valence-corrected chi connectivity index (χ4v) is 2.45. The Labute approximate surface area is 129 Å². The van der Waals surface area contributed by atoms with E-state index in [1.807, 2.05) is 30.5 Å². The van der Waals surface area contributed by atoms with E-state index in [0.29, 0.717) is 13.2 Å². The third-order valence-corrected chi connectivity index (χ3v) is 3.65. The lowest BCUT2D eigenvalue weighted by atomic mass is 10.1. The van der Waals surface area contributed by atoms with Gasteiger partial charge in [0.15, 0.2) is 0 Å².